The second-order valence-corrected chi connectivity index (χ2v) is 4.48. The van der Waals surface area contributed by atoms with Crippen LogP contribution in [0.15, 0.2) is 23.1 Å². The molecule has 1 aromatic rings. The Hall–Kier alpha value is -0.920. The Balaban J connectivity index is 0.00000324. The van der Waals surface area contributed by atoms with Gasteiger partial charge in [-0.05, 0) is 25.2 Å². The van der Waals surface area contributed by atoms with Crippen molar-refractivity contribution < 1.29 is 18.0 Å². The van der Waals surface area contributed by atoms with Crippen LogP contribution >= 0.6 is 24.2 Å². The Morgan fingerprint density at radius 1 is 1.42 bits per heavy atom. The zero-order valence-electron chi connectivity index (χ0n) is 10.1. The van der Waals surface area contributed by atoms with Crippen molar-refractivity contribution in [3.8, 4) is 0 Å². The van der Waals surface area contributed by atoms with E-state index in [4.69, 9.17) is 0 Å². The summed E-state index contributed by atoms with van der Waals surface area (Å²) in [5, 5.41) is 5.11. The molecule has 0 saturated heterocycles. The first-order chi connectivity index (χ1) is 8.52. The summed E-state index contributed by atoms with van der Waals surface area (Å²) in [6, 6.07) is 3.65. The van der Waals surface area contributed by atoms with E-state index in [-0.39, 0.29) is 30.5 Å². The number of thioether (sulfide) groups is 1. The summed E-state index contributed by atoms with van der Waals surface area (Å²) in [6.07, 6.45) is -2.46. The lowest BCUT2D eigenvalue weighted by atomic mass is 10.3. The maximum atomic E-state index is 13.1. The largest absolute Gasteiger partial charge is 0.324 e. The van der Waals surface area contributed by atoms with Gasteiger partial charge in [0.2, 0.25) is 12.3 Å². The van der Waals surface area contributed by atoms with E-state index in [1.165, 1.54) is 12.1 Å². The Kier molecular flexibility index (Phi) is 8.62. The summed E-state index contributed by atoms with van der Waals surface area (Å²) < 4.78 is 37.3. The third kappa shape index (κ3) is 6.70. The molecular formula is C11H14ClF3N2OS. The maximum Gasteiger partial charge on any atom is 0.247 e. The van der Waals surface area contributed by atoms with Gasteiger partial charge in [0.1, 0.15) is 5.82 Å². The van der Waals surface area contributed by atoms with Gasteiger partial charge >= 0.3 is 0 Å². The van der Waals surface area contributed by atoms with Crippen molar-refractivity contribution >= 4 is 35.8 Å². The van der Waals surface area contributed by atoms with Crippen molar-refractivity contribution in [2.75, 3.05) is 24.7 Å². The highest BCUT2D eigenvalue weighted by Gasteiger charge is 2.11. The number of rotatable bonds is 6. The molecule has 8 heteroatoms. The van der Waals surface area contributed by atoms with Gasteiger partial charge in [-0.25, -0.2) is 13.2 Å². The van der Waals surface area contributed by atoms with Gasteiger partial charge in [0.25, 0.3) is 0 Å². The summed E-state index contributed by atoms with van der Waals surface area (Å²) in [4.78, 5) is 11.8. The molecule has 3 nitrogen and oxygen atoms in total. The van der Waals surface area contributed by atoms with Crippen LogP contribution in [0, 0.1) is 5.82 Å². The molecule has 1 amide bonds. The fourth-order valence-corrected chi connectivity index (χ4v) is 1.97. The van der Waals surface area contributed by atoms with E-state index < -0.39 is 18.0 Å². The van der Waals surface area contributed by atoms with Crippen molar-refractivity contribution in [3.63, 3.8) is 0 Å². The average molecular weight is 315 g/mol. The summed E-state index contributed by atoms with van der Waals surface area (Å²) in [5.41, 5.74) is 0.209. The predicted octanol–water partition coefficient (Wildman–Crippen LogP) is 2.76. The minimum absolute atomic E-state index is 0. The molecule has 0 aromatic heterocycles. The standard InChI is InChI=1S/C11H13F3N2OS.ClH/c1-15-5-11(17)16-8-4-7(12)2-3-9(8)18-6-10(13)14;/h2-4,10,15H,5-6H2,1H3,(H,16,17);1H. The Labute approximate surface area is 119 Å². The average Bonchev–Trinajstić information content (AvgIpc) is 2.28. The highest BCUT2D eigenvalue weighted by atomic mass is 35.5. The smallest absolute Gasteiger partial charge is 0.247 e. The van der Waals surface area contributed by atoms with Gasteiger partial charge in [-0.3, -0.25) is 4.79 Å². The van der Waals surface area contributed by atoms with Crippen molar-refractivity contribution in [2.45, 2.75) is 11.3 Å². The molecule has 1 aromatic carbocycles. The van der Waals surface area contributed by atoms with Crippen LogP contribution in [0.3, 0.4) is 0 Å². The maximum absolute atomic E-state index is 13.1. The topological polar surface area (TPSA) is 41.1 Å². The van der Waals surface area contributed by atoms with E-state index in [2.05, 4.69) is 10.6 Å². The van der Waals surface area contributed by atoms with Crippen LogP contribution in [0.4, 0.5) is 18.9 Å². The molecule has 0 aliphatic carbocycles. The number of anilines is 1. The molecule has 0 spiro atoms. The van der Waals surface area contributed by atoms with Crippen LogP contribution < -0.4 is 10.6 Å². The molecule has 0 heterocycles. The SMILES string of the molecule is CNCC(=O)Nc1cc(F)ccc1SCC(F)F.Cl. The third-order valence-corrected chi connectivity index (χ3v) is 3.00. The Morgan fingerprint density at radius 2 is 2.11 bits per heavy atom. The number of carbonyl (C=O) groups is 1. The molecule has 0 fully saturated rings. The highest BCUT2D eigenvalue weighted by molar-refractivity contribution is 7.99. The van der Waals surface area contributed by atoms with Crippen LogP contribution in [0.2, 0.25) is 0 Å². The minimum Gasteiger partial charge on any atom is -0.324 e. The predicted molar refractivity (Wildman–Crippen MR) is 72.9 cm³/mol. The molecular weight excluding hydrogens is 301 g/mol. The van der Waals surface area contributed by atoms with E-state index in [0.717, 1.165) is 17.8 Å². The molecule has 1 rings (SSSR count). The summed E-state index contributed by atoms with van der Waals surface area (Å²) in [5.74, 6) is -1.29. The van der Waals surface area contributed by atoms with Gasteiger partial charge in [-0.15, -0.1) is 24.2 Å². The lowest BCUT2D eigenvalue weighted by Gasteiger charge is -2.10. The Bertz CT molecular complexity index is 421. The van der Waals surface area contributed by atoms with Gasteiger partial charge in [0.15, 0.2) is 0 Å². The number of hydrogen-bond acceptors (Lipinski definition) is 3. The van der Waals surface area contributed by atoms with Crippen molar-refractivity contribution in [3.05, 3.63) is 24.0 Å². The summed E-state index contributed by atoms with van der Waals surface area (Å²) in [7, 11) is 1.59. The normalized spacial score (nSPS) is 10.2. The van der Waals surface area contributed by atoms with Gasteiger partial charge < -0.3 is 10.6 Å². The fourth-order valence-electron chi connectivity index (χ4n) is 1.23. The molecule has 0 bridgehead atoms. The van der Waals surface area contributed by atoms with Gasteiger partial charge in [0, 0.05) is 4.90 Å². The number of halogens is 4. The van der Waals surface area contributed by atoms with E-state index in [1.54, 1.807) is 7.05 Å². The quantitative estimate of drug-likeness (QED) is 0.793. The highest BCUT2D eigenvalue weighted by Crippen LogP contribution is 2.29. The summed E-state index contributed by atoms with van der Waals surface area (Å²) >= 11 is 0.872. The first kappa shape index (κ1) is 18.1. The molecule has 0 radical (unpaired) electrons. The molecule has 0 aliphatic heterocycles. The number of carbonyl (C=O) groups excluding carboxylic acids is 1. The zero-order chi connectivity index (χ0) is 13.5. The lowest BCUT2D eigenvalue weighted by Crippen LogP contribution is -2.25. The lowest BCUT2D eigenvalue weighted by molar-refractivity contribution is -0.115. The fraction of sp³-hybridized carbons (Fsp3) is 0.364. The van der Waals surface area contributed by atoms with Crippen molar-refractivity contribution in [1.82, 2.24) is 5.32 Å². The second kappa shape index (κ2) is 9.06. The molecule has 0 unspecified atom stereocenters. The van der Waals surface area contributed by atoms with E-state index in [0.29, 0.717) is 4.90 Å². The van der Waals surface area contributed by atoms with E-state index in [9.17, 15) is 18.0 Å². The van der Waals surface area contributed by atoms with Gasteiger partial charge in [-0.2, -0.15) is 0 Å². The molecule has 2 N–H and O–H groups in total. The summed E-state index contributed by atoms with van der Waals surface area (Å²) in [6.45, 7) is 0.0649. The van der Waals surface area contributed by atoms with Crippen molar-refractivity contribution in [1.29, 1.82) is 0 Å². The molecule has 0 atom stereocenters. The number of likely N-dealkylation sites (N-methyl/N-ethyl adjacent to an activating group) is 1. The number of amides is 1. The van der Waals surface area contributed by atoms with Crippen molar-refractivity contribution in [2.24, 2.45) is 0 Å². The second-order valence-electron chi connectivity index (χ2n) is 3.42. The first-order valence-electron chi connectivity index (χ1n) is 5.18. The number of nitrogens with one attached hydrogen (secondary N) is 2. The molecule has 19 heavy (non-hydrogen) atoms. The number of alkyl halides is 2. The van der Waals surface area contributed by atoms with Gasteiger partial charge in [-0.1, -0.05) is 0 Å². The molecule has 0 aliphatic rings. The zero-order valence-corrected chi connectivity index (χ0v) is 11.7. The molecule has 0 saturated carbocycles. The van der Waals surface area contributed by atoms with E-state index in [1.807, 2.05) is 0 Å². The number of benzene rings is 1. The van der Waals surface area contributed by atoms with Crippen LogP contribution in [-0.4, -0.2) is 31.7 Å². The monoisotopic (exact) mass is 314 g/mol. The van der Waals surface area contributed by atoms with Crippen LogP contribution in [0.25, 0.3) is 0 Å². The van der Waals surface area contributed by atoms with Crippen LogP contribution in [-0.2, 0) is 4.79 Å². The Morgan fingerprint density at radius 3 is 2.68 bits per heavy atom. The molecule has 108 valence electrons. The van der Waals surface area contributed by atoms with Gasteiger partial charge in [0.05, 0.1) is 18.0 Å². The minimum atomic E-state index is -2.46. The number of hydrogen-bond donors (Lipinski definition) is 2. The van der Waals surface area contributed by atoms with Crippen LogP contribution in [0.1, 0.15) is 0 Å². The van der Waals surface area contributed by atoms with Crippen LogP contribution in [0.5, 0.6) is 0 Å². The third-order valence-electron chi connectivity index (χ3n) is 1.92. The first-order valence-corrected chi connectivity index (χ1v) is 6.16. The van der Waals surface area contributed by atoms with E-state index >= 15 is 0 Å².